The highest BCUT2D eigenvalue weighted by Crippen LogP contribution is 2.23. The van der Waals surface area contributed by atoms with Crippen LogP contribution in [-0.4, -0.2) is 41.1 Å². The van der Waals surface area contributed by atoms with Gasteiger partial charge in [0.1, 0.15) is 12.3 Å². The summed E-state index contributed by atoms with van der Waals surface area (Å²) in [6, 6.07) is 6.84. The minimum absolute atomic E-state index is 0.236. The summed E-state index contributed by atoms with van der Waals surface area (Å²) in [5, 5.41) is 0.623. The lowest BCUT2D eigenvalue weighted by molar-refractivity contribution is -0.136. The zero-order valence-electron chi connectivity index (χ0n) is 12.7. The minimum atomic E-state index is -0.463. The Balaban J connectivity index is 1.77. The summed E-state index contributed by atoms with van der Waals surface area (Å²) in [4.78, 5) is 18.1. The Hall–Kier alpha value is -1.89. The number of halogens is 1. The summed E-state index contributed by atoms with van der Waals surface area (Å²) >= 11 is 5.98. The predicted molar refractivity (Wildman–Crippen MR) is 85.8 cm³/mol. The molecule has 1 amide bonds. The Morgan fingerprint density at radius 2 is 2.35 bits per heavy atom. The third kappa shape index (κ3) is 3.55. The maximum absolute atomic E-state index is 11.7. The van der Waals surface area contributed by atoms with E-state index in [1.807, 2.05) is 24.0 Å². The number of nitrogens with zero attached hydrogens (tertiary/aromatic N) is 2. The standard InChI is InChI=1S/C16H18ClN3O3/c1-10-14(15(18)21)20(5-6-22-10)8-13-9-23-16(19-13)11-3-2-4-12(17)7-11/h2-4,7,9-10,14H,5-6,8H2,1H3,(H2,18,21)/t10-,14+/m1/s1. The van der Waals surface area contributed by atoms with E-state index in [-0.39, 0.29) is 6.10 Å². The first-order valence-electron chi connectivity index (χ1n) is 7.40. The quantitative estimate of drug-likeness (QED) is 0.925. The van der Waals surface area contributed by atoms with Crippen LogP contribution < -0.4 is 5.73 Å². The number of ether oxygens (including phenoxy) is 1. The first-order valence-corrected chi connectivity index (χ1v) is 7.77. The molecule has 1 aliphatic heterocycles. The molecule has 2 heterocycles. The van der Waals surface area contributed by atoms with Crippen LogP contribution in [0.15, 0.2) is 34.9 Å². The summed E-state index contributed by atoms with van der Waals surface area (Å²) in [5.41, 5.74) is 7.04. The molecule has 7 heteroatoms. The molecule has 6 nitrogen and oxygen atoms in total. The van der Waals surface area contributed by atoms with Gasteiger partial charge in [0.15, 0.2) is 0 Å². The Morgan fingerprint density at radius 3 is 3.09 bits per heavy atom. The highest BCUT2D eigenvalue weighted by Gasteiger charge is 2.34. The Labute approximate surface area is 139 Å². The number of amides is 1. The van der Waals surface area contributed by atoms with Gasteiger partial charge in [-0.05, 0) is 25.1 Å². The normalized spacial score (nSPS) is 22.2. The van der Waals surface area contributed by atoms with Gasteiger partial charge >= 0.3 is 0 Å². The maximum Gasteiger partial charge on any atom is 0.237 e. The second kappa shape index (κ2) is 6.70. The van der Waals surface area contributed by atoms with Crippen LogP contribution in [0.3, 0.4) is 0 Å². The molecular weight excluding hydrogens is 318 g/mol. The third-order valence-electron chi connectivity index (χ3n) is 3.88. The summed E-state index contributed by atoms with van der Waals surface area (Å²) in [5.74, 6) is 0.107. The fourth-order valence-corrected chi connectivity index (χ4v) is 3.00. The van der Waals surface area contributed by atoms with Crippen LogP contribution in [0.25, 0.3) is 11.5 Å². The number of aromatic nitrogens is 1. The van der Waals surface area contributed by atoms with Gasteiger partial charge < -0.3 is 14.9 Å². The van der Waals surface area contributed by atoms with Crippen molar-refractivity contribution in [3.8, 4) is 11.5 Å². The lowest BCUT2D eigenvalue weighted by Gasteiger charge is -2.37. The Kier molecular flexibility index (Phi) is 4.66. The molecule has 1 aliphatic rings. The molecule has 0 aliphatic carbocycles. The number of benzene rings is 1. The molecule has 2 aromatic rings. The van der Waals surface area contributed by atoms with Crippen molar-refractivity contribution >= 4 is 17.5 Å². The second-order valence-corrected chi connectivity index (χ2v) is 5.98. The molecule has 122 valence electrons. The van der Waals surface area contributed by atoms with E-state index in [2.05, 4.69) is 4.98 Å². The molecule has 1 aromatic carbocycles. The van der Waals surface area contributed by atoms with E-state index in [1.165, 1.54) is 0 Å². The average Bonchev–Trinajstić information content (AvgIpc) is 2.95. The third-order valence-corrected chi connectivity index (χ3v) is 4.11. The van der Waals surface area contributed by atoms with Crippen molar-refractivity contribution in [2.45, 2.75) is 25.6 Å². The molecule has 0 spiro atoms. The van der Waals surface area contributed by atoms with Crippen LogP contribution in [0, 0.1) is 0 Å². The van der Waals surface area contributed by atoms with Gasteiger partial charge in [-0.3, -0.25) is 9.69 Å². The zero-order chi connectivity index (χ0) is 16.4. The van der Waals surface area contributed by atoms with Crippen LogP contribution in [0.1, 0.15) is 12.6 Å². The van der Waals surface area contributed by atoms with E-state index in [0.29, 0.717) is 30.6 Å². The smallest absolute Gasteiger partial charge is 0.237 e. The largest absolute Gasteiger partial charge is 0.444 e. The van der Waals surface area contributed by atoms with Crippen LogP contribution >= 0.6 is 11.6 Å². The van der Waals surface area contributed by atoms with Crippen molar-refractivity contribution in [3.05, 3.63) is 41.2 Å². The van der Waals surface area contributed by atoms with Gasteiger partial charge in [-0.15, -0.1) is 0 Å². The number of primary amides is 1. The summed E-state index contributed by atoms with van der Waals surface area (Å²) in [6.45, 7) is 3.51. The van der Waals surface area contributed by atoms with E-state index in [1.54, 1.807) is 18.4 Å². The van der Waals surface area contributed by atoms with Crippen molar-refractivity contribution in [2.24, 2.45) is 5.73 Å². The number of hydrogen-bond donors (Lipinski definition) is 1. The number of nitrogens with two attached hydrogens (primary N) is 1. The van der Waals surface area contributed by atoms with Crippen molar-refractivity contribution < 1.29 is 13.9 Å². The molecule has 2 N–H and O–H groups in total. The van der Waals surface area contributed by atoms with E-state index in [4.69, 9.17) is 26.5 Å². The molecule has 0 unspecified atom stereocenters. The molecule has 3 rings (SSSR count). The van der Waals surface area contributed by atoms with Crippen molar-refractivity contribution in [1.29, 1.82) is 0 Å². The first-order chi connectivity index (χ1) is 11.0. The van der Waals surface area contributed by atoms with Gasteiger partial charge in [-0.2, -0.15) is 0 Å². The Morgan fingerprint density at radius 1 is 1.52 bits per heavy atom. The van der Waals surface area contributed by atoms with Crippen LogP contribution in [0.2, 0.25) is 5.02 Å². The molecular formula is C16H18ClN3O3. The van der Waals surface area contributed by atoms with Crippen molar-refractivity contribution in [1.82, 2.24) is 9.88 Å². The number of oxazole rings is 1. The number of carbonyl (C=O) groups excluding carboxylic acids is 1. The lowest BCUT2D eigenvalue weighted by Crippen LogP contribution is -2.56. The van der Waals surface area contributed by atoms with E-state index in [0.717, 1.165) is 11.3 Å². The summed E-state index contributed by atoms with van der Waals surface area (Å²) < 4.78 is 11.0. The van der Waals surface area contributed by atoms with Crippen LogP contribution in [-0.2, 0) is 16.1 Å². The molecule has 23 heavy (non-hydrogen) atoms. The molecule has 1 fully saturated rings. The molecule has 0 bridgehead atoms. The topological polar surface area (TPSA) is 81.6 Å². The summed E-state index contributed by atoms with van der Waals surface area (Å²) in [6.07, 6.45) is 1.36. The SMILES string of the molecule is C[C@H]1OCCN(Cc2coc(-c3cccc(Cl)c3)n2)[C@@H]1C(N)=O. The minimum Gasteiger partial charge on any atom is -0.444 e. The molecule has 0 saturated carbocycles. The van der Waals surface area contributed by atoms with E-state index < -0.39 is 11.9 Å². The van der Waals surface area contributed by atoms with Gasteiger partial charge in [0, 0.05) is 23.7 Å². The molecule has 0 radical (unpaired) electrons. The van der Waals surface area contributed by atoms with E-state index in [9.17, 15) is 4.79 Å². The Bertz CT molecular complexity index is 703. The molecule has 1 saturated heterocycles. The van der Waals surface area contributed by atoms with Crippen LogP contribution in [0.5, 0.6) is 0 Å². The van der Waals surface area contributed by atoms with Gasteiger partial charge in [0.05, 0.1) is 18.4 Å². The van der Waals surface area contributed by atoms with Crippen molar-refractivity contribution in [2.75, 3.05) is 13.2 Å². The number of rotatable bonds is 4. The van der Waals surface area contributed by atoms with Crippen LogP contribution in [0.4, 0.5) is 0 Å². The number of hydrogen-bond acceptors (Lipinski definition) is 5. The maximum atomic E-state index is 11.7. The zero-order valence-corrected chi connectivity index (χ0v) is 13.5. The number of morpholine rings is 1. The van der Waals surface area contributed by atoms with Gasteiger partial charge in [0.25, 0.3) is 0 Å². The molecule has 2 atom stereocenters. The lowest BCUT2D eigenvalue weighted by atomic mass is 10.1. The predicted octanol–water partition coefficient (Wildman–Crippen LogP) is 2.07. The van der Waals surface area contributed by atoms with Crippen molar-refractivity contribution in [3.63, 3.8) is 0 Å². The summed E-state index contributed by atoms with van der Waals surface area (Å²) in [7, 11) is 0. The second-order valence-electron chi connectivity index (χ2n) is 5.55. The fourth-order valence-electron chi connectivity index (χ4n) is 2.81. The highest BCUT2D eigenvalue weighted by molar-refractivity contribution is 6.30. The van der Waals surface area contributed by atoms with E-state index >= 15 is 0 Å². The highest BCUT2D eigenvalue weighted by atomic mass is 35.5. The molecule has 1 aromatic heterocycles. The van der Waals surface area contributed by atoms with Gasteiger partial charge in [0.2, 0.25) is 11.8 Å². The average molecular weight is 336 g/mol. The fraction of sp³-hybridized carbons (Fsp3) is 0.375. The van der Waals surface area contributed by atoms with Gasteiger partial charge in [-0.1, -0.05) is 17.7 Å². The monoisotopic (exact) mass is 335 g/mol. The first kappa shape index (κ1) is 16.0. The number of carbonyl (C=O) groups is 1. The van der Waals surface area contributed by atoms with Gasteiger partial charge in [-0.25, -0.2) is 4.98 Å².